The summed E-state index contributed by atoms with van der Waals surface area (Å²) >= 11 is 0. The highest BCUT2D eigenvalue weighted by atomic mass is 16.4. The highest BCUT2D eigenvalue weighted by molar-refractivity contribution is 5.74. The molecule has 0 saturated heterocycles. The third kappa shape index (κ3) is 7.70. The molecule has 0 radical (unpaired) electrons. The van der Waals surface area contributed by atoms with Crippen molar-refractivity contribution in [1.29, 1.82) is 0 Å². The van der Waals surface area contributed by atoms with Crippen LogP contribution in [0.15, 0.2) is 12.7 Å². The summed E-state index contributed by atoms with van der Waals surface area (Å²) in [5.41, 5.74) is 0. The molecule has 0 bridgehead atoms. The molecule has 0 rings (SSSR count). The minimum atomic E-state index is -0.770. The zero-order chi connectivity index (χ0) is 14.1. The van der Waals surface area contributed by atoms with Crippen molar-refractivity contribution in [2.75, 3.05) is 0 Å². The van der Waals surface area contributed by atoms with Crippen molar-refractivity contribution in [3.05, 3.63) is 12.7 Å². The lowest BCUT2D eigenvalue weighted by molar-refractivity contribution is -0.141. The summed E-state index contributed by atoms with van der Waals surface area (Å²) in [7, 11) is 0. The summed E-state index contributed by atoms with van der Waals surface area (Å²) in [5, 5.41) is 14.2. The van der Waals surface area contributed by atoms with Gasteiger partial charge in [-0.3, -0.25) is 4.79 Å². The highest BCUT2D eigenvalue weighted by Crippen LogP contribution is 2.09. The van der Waals surface area contributed by atoms with E-state index in [2.05, 4.69) is 17.2 Å². The Hall–Kier alpha value is -1.52. The van der Waals surface area contributed by atoms with E-state index in [0.29, 0.717) is 6.42 Å². The number of hydrogen-bond acceptors (Lipinski definition) is 2. The topological polar surface area (TPSA) is 78.4 Å². The van der Waals surface area contributed by atoms with Gasteiger partial charge in [0.1, 0.15) is 0 Å². The maximum Gasteiger partial charge on any atom is 0.315 e. The Balaban J connectivity index is 3.77. The molecule has 2 amide bonds. The molecule has 0 aliphatic rings. The molecule has 0 aromatic heterocycles. The van der Waals surface area contributed by atoms with Gasteiger partial charge in [0, 0.05) is 12.1 Å². The van der Waals surface area contributed by atoms with Gasteiger partial charge in [0.2, 0.25) is 0 Å². The molecule has 3 unspecified atom stereocenters. The Morgan fingerprint density at radius 3 is 2.33 bits per heavy atom. The average Bonchev–Trinajstić information content (AvgIpc) is 2.27. The van der Waals surface area contributed by atoms with E-state index in [1.54, 1.807) is 13.0 Å². The summed E-state index contributed by atoms with van der Waals surface area (Å²) in [6.07, 6.45) is 3.84. The van der Waals surface area contributed by atoms with E-state index in [1.807, 2.05) is 13.8 Å². The number of hydrogen-bond donors (Lipinski definition) is 3. The second kappa shape index (κ2) is 8.55. The molecule has 0 aromatic rings. The fraction of sp³-hybridized carbons (Fsp3) is 0.692. The van der Waals surface area contributed by atoms with Crippen molar-refractivity contribution < 1.29 is 14.7 Å². The predicted molar refractivity (Wildman–Crippen MR) is 71.4 cm³/mol. The molecule has 3 N–H and O–H groups in total. The predicted octanol–water partition coefficient (Wildman–Crippen LogP) is 2.14. The summed E-state index contributed by atoms with van der Waals surface area (Å²) in [6.45, 7) is 9.02. The molecular formula is C13H24N2O3. The van der Waals surface area contributed by atoms with E-state index in [-0.39, 0.29) is 24.0 Å². The zero-order valence-corrected chi connectivity index (χ0v) is 11.4. The van der Waals surface area contributed by atoms with Crippen LogP contribution >= 0.6 is 0 Å². The van der Waals surface area contributed by atoms with Crippen LogP contribution in [0.3, 0.4) is 0 Å². The largest absolute Gasteiger partial charge is 0.481 e. The molecule has 0 heterocycles. The first-order valence-corrected chi connectivity index (χ1v) is 6.29. The van der Waals surface area contributed by atoms with Crippen LogP contribution in [0.4, 0.5) is 4.79 Å². The van der Waals surface area contributed by atoms with Crippen LogP contribution in [0.25, 0.3) is 0 Å². The van der Waals surface area contributed by atoms with Crippen molar-refractivity contribution in [2.24, 2.45) is 5.92 Å². The highest BCUT2D eigenvalue weighted by Gasteiger charge is 2.12. The van der Waals surface area contributed by atoms with Gasteiger partial charge in [0.05, 0.1) is 5.92 Å². The molecule has 0 fully saturated rings. The zero-order valence-electron chi connectivity index (χ0n) is 11.4. The summed E-state index contributed by atoms with van der Waals surface area (Å²) in [4.78, 5) is 22.1. The molecule has 0 aliphatic carbocycles. The van der Waals surface area contributed by atoms with Crippen LogP contribution in [-0.4, -0.2) is 29.2 Å². The van der Waals surface area contributed by atoms with Crippen molar-refractivity contribution in [3.8, 4) is 0 Å². The molecule has 0 aliphatic heterocycles. The molecule has 3 atom stereocenters. The van der Waals surface area contributed by atoms with E-state index in [1.165, 1.54) is 0 Å². The number of nitrogens with one attached hydrogen (secondary N) is 2. The minimum Gasteiger partial charge on any atom is -0.481 e. The third-order valence-corrected chi connectivity index (χ3v) is 2.79. The monoisotopic (exact) mass is 256 g/mol. The lowest BCUT2D eigenvalue weighted by Gasteiger charge is -2.16. The summed E-state index contributed by atoms with van der Waals surface area (Å²) < 4.78 is 0. The van der Waals surface area contributed by atoms with Crippen molar-refractivity contribution in [1.82, 2.24) is 10.6 Å². The molecule has 0 spiro atoms. The van der Waals surface area contributed by atoms with Crippen molar-refractivity contribution in [3.63, 3.8) is 0 Å². The fourth-order valence-electron chi connectivity index (χ4n) is 1.46. The maximum atomic E-state index is 11.5. The summed E-state index contributed by atoms with van der Waals surface area (Å²) in [6, 6.07) is -0.256. The van der Waals surface area contributed by atoms with Gasteiger partial charge in [0.15, 0.2) is 0 Å². The first-order valence-electron chi connectivity index (χ1n) is 6.29. The van der Waals surface area contributed by atoms with Crippen molar-refractivity contribution >= 4 is 12.0 Å². The van der Waals surface area contributed by atoms with Crippen LogP contribution < -0.4 is 10.6 Å². The van der Waals surface area contributed by atoms with Gasteiger partial charge in [-0.25, -0.2) is 4.79 Å². The smallest absolute Gasteiger partial charge is 0.315 e. The maximum absolute atomic E-state index is 11.5. The first-order chi connectivity index (χ1) is 8.36. The molecule has 0 saturated carbocycles. The van der Waals surface area contributed by atoms with Crippen molar-refractivity contribution in [2.45, 2.75) is 52.1 Å². The van der Waals surface area contributed by atoms with E-state index in [4.69, 9.17) is 5.11 Å². The van der Waals surface area contributed by atoms with Crippen LogP contribution in [0, 0.1) is 5.92 Å². The first kappa shape index (κ1) is 16.5. The normalized spacial score (nSPS) is 15.3. The molecule has 0 aromatic carbocycles. The van der Waals surface area contributed by atoms with Gasteiger partial charge in [0.25, 0.3) is 0 Å². The van der Waals surface area contributed by atoms with Crippen LogP contribution in [0.5, 0.6) is 0 Å². The van der Waals surface area contributed by atoms with Crippen LogP contribution in [0.2, 0.25) is 0 Å². The molecule has 5 heteroatoms. The minimum absolute atomic E-state index is 0.0306. The van der Waals surface area contributed by atoms with Gasteiger partial charge in [-0.1, -0.05) is 19.4 Å². The van der Waals surface area contributed by atoms with Gasteiger partial charge in [-0.05, 0) is 26.7 Å². The Morgan fingerprint density at radius 2 is 1.83 bits per heavy atom. The van der Waals surface area contributed by atoms with Crippen LogP contribution in [0.1, 0.15) is 40.0 Å². The molecular weight excluding hydrogens is 232 g/mol. The number of carboxylic acids is 1. The number of aliphatic carboxylic acids is 1. The number of carbonyl (C=O) groups is 2. The van der Waals surface area contributed by atoms with Crippen LogP contribution in [-0.2, 0) is 4.79 Å². The fourth-order valence-corrected chi connectivity index (χ4v) is 1.46. The number of rotatable bonds is 8. The summed E-state index contributed by atoms with van der Waals surface area (Å²) in [5.74, 6) is -1.10. The van der Waals surface area contributed by atoms with E-state index >= 15 is 0 Å². The Kier molecular flexibility index (Phi) is 7.83. The van der Waals surface area contributed by atoms with E-state index in [9.17, 15) is 9.59 Å². The number of amides is 2. The lowest BCUT2D eigenvalue weighted by Crippen LogP contribution is -2.43. The number of carbonyl (C=O) groups excluding carboxylic acids is 1. The Bertz CT molecular complexity index is 292. The number of carboxylic acid groups (broad SMARTS) is 1. The quantitative estimate of drug-likeness (QED) is 0.582. The Labute approximate surface area is 109 Å². The average molecular weight is 256 g/mol. The van der Waals surface area contributed by atoms with E-state index < -0.39 is 5.97 Å². The molecule has 5 nitrogen and oxygen atoms in total. The Morgan fingerprint density at radius 1 is 1.22 bits per heavy atom. The standard InChI is InChI=1S/C13H24N2O3/c1-5-10(3)14-13(18)15-11(4)8-6-7-9(2)12(16)17/h5,9-11H,1,6-8H2,2-4H3,(H,16,17)(H2,14,15,18). The molecule has 18 heavy (non-hydrogen) atoms. The second-order valence-electron chi connectivity index (χ2n) is 4.71. The van der Waals surface area contributed by atoms with E-state index in [0.717, 1.165) is 12.8 Å². The van der Waals surface area contributed by atoms with Gasteiger partial charge in [-0.15, -0.1) is 6.58 Å². The lowest BCUT2D eigenvalue weighted by atomic mass is 10.0. The third-order valence-electron chi connectivity index (χ3n) is 2.79. The van der Waals surface area contributed by atoms with Gasteiger partial charge < -0.3 is 15.7 Å². The second-order valence-corrected chi connectivity index (χ2v) is 4.71. The number of urea groups is 1. The van der Waals surface area contributed by atoms with Gasteiger partial charge >= 0.3 is 12.0 Å². The molecule has 104 valence electrons. The van der Waals surface area contributed by atoms with Gasteiger partial charge in [-0.2, -0.15) is 0 Å². The SMILES string of the molecule is C=CC(C)NC(=O)NC(C)CCCC(C)C(=O)O.